The first kappa shape index (κ1) is 16.8. The molecule has 1 aromatic carbocycles. The lowest BCUT2D eigenvalue weighted by Crippen LogP contribution is -2.27. The summed E-state index contributed by atoms with van der Waals surface area (Å²) in [7, 11) is 0. The van der Waals surface area contributed by atoms with Crippen molar-refractivity contribution in [2.75, 3.05) is 11.9 Å². The SMILES string of the molecule is CC(C)C(Br)C(=O)Nc1ccccc1OCC(F)(F)F. The van der Waals surface area contributed by atoms with E-state index in [1.807, 2.05) is 13.8 Å². The van der Waals surface area contributed by atoms with Gasteiger partial charge in [-0.15, -0.1) is 0 Å². The molecule has 1 atom stereocenters. The molecule has 1 aromatic rings. The highest BCUT2D eigenvalue weighted by atomic mass is 79.9. The van der Waals surface area contributed by atoms with E-state index in [1.54, 1.807) is 6.07 Å². The third-order valence-electron chi connectivity index (χ3n) is 2.37. The topological polar surface area (TPSA) is 38.3 Å². The summed E-state index contributed by atoms with van der Waals surface area (Å²) in [5.74, 6) is -0.289. The van der Waals surface area contributed by atoms with Crippen LogP contribution in [0.1, 0.15) is 13.8 Å². The molecule has 0 fully saturated rings. The first-order valence-corrected chi connectivity index (χ1v) is 6.86. The van der Waals surface area contributed by atoms with E-state index in [-0.39, 0.29) is 23.3 Å². The van der Waals surface area contributed by atoms with Gasteiger partial charge in [-0.2, -0.15) is 13.2 Å². The van der Waals surface area contributed by atoms with Gasteiger partial charge < -0.3 is 10.1 Å². The number of benzene rings is 1. The molecule has 1 amide bonds. The number of nitrogens with one attached hydrogen (secondary N) is 1. The number of rotatable bonds is 5. The number of carbonyl (C=O) groups excluding carboxylic acids is 1. The van der Waals surface area contributed by atoms with Crippen molar-refractivity contribution < 1.29 is 22.7 Å². The third kappa shape index (κ3) is 5.40. The first-order chi connectivity index (χ1) is 9.20. The van der Waals surface area contributed by atoms with E-state index in [9.17, 15) is 18.0 Å². The van der Waals surface area contributed by atoms with Crippen molar-refractivity contribution in [3.63, 3.8) is 0 Å². The van der Waals surface area contributed by atoms with Crippen molar-refractivity contribution in [1.82, 2.24) is 0 Å². The number of alkyl halides is 4. The molecule has 0 heterocycles. The largest absolute Gasteiger partial charge is 0.482 e. The predicted molar refractivity (Wildman–Crippen MR) is 74.2 cm³/mol. The first-order valence-electron chi connectivity index (χ1n) is 5.94. The average Bonchev–Trinajstić information content (AvgIpc) is 2.35. The van der Waals surface area contributed by atoms with Gasteiger partial charge >= 0.3 is 6.18 Å². The van der Waals surface area contributed by atoms with Crippen LogP contribution in [0.3, 0.4) is 0 Å². The van der Waals surface area contributed by atoms with E-state index in [0.29, 0.717) is 0 Å². The summed E-state index contributed by atoms with van der Waals surface area (Å²) in [5.41, 5.74) is 0.215. The summed E-state index contributed by atoms with van der Waals surface area (Å²) in [4.78, 5) is 11.4. The Morgan fingerprint density at radius 1 is 1.35 bits per heavy atom. The van der Waals surface area contributed by atoms with Gasteiger partial charge in [0, 0.05) is 0 Å². The third-order valence-corrected chi connectivity index (χ3v) is 3.85. The van der Waals surface area contributed by atoms with Crippen molar-refractivity contribution in [3.8, 4) is 5.75 Å². The Morgan fingerprint density at radius 2 is 1.95 bits per heavy atom. The van der Waals surface area contributed by atoms with Crippen LogP contribution in [0, 0.1) is 5.92 Å². The van der Waals surface area contributed by atoms with Crippen LogP contribution in [0.5, 0.6) is 5.75 Å². The number of para-hydroxylation sites is 2. The van der Waals surface area contributed by atoms with Crippen LogP contribution in [0.25, 0.3) is 0 Å². The van der Waals surface area contributed by atoms with Crippen molar-refractivity contribution in [2.45, 2.75) is 24.9 Å². The number of hydrogen-bond donors (Lipinski definition) is 1. The fourth-order valence-electron chi connectivity index (χ4n) is 1.36. The van der Waals surface area contributed by atoms with Crippen LogP contribution in [-0.4, -0.2) is 23.5 Å². The number of amides is 1. The fraction of sp³-hybridized carbons (Fsp3) is 0.462. The summed E-state index contributed by atoms with van der Waals surface area (Å²) in [6.07, 6.45) is -4.42. The Hall–Kier alpha value is -1.24. The molecule has 0 aliphatic heterocycles. The van der Waals surface area contributed by atoms with Gasteiger partial charge in [-0.3, -0.25) is 4.79 Å². The molecule has 0 aromatic heterocycles. The zero-order valence-electron chi connectivity index (χ0n) is 11.0. The maximum absolute atomic E-state index is 12.1. The van der Waals surface area contributed by atoms with Gasteiger partial charge in [0.25, 0.3) is 0 Å². The number of halogens is 4. The zero-order chi connectivity index (χ0) is 15.3. The van der Waals surface area contributed by atoms with Gasteiger partial charge in [-0.1, -0.05) is 41.9 Å². The Morgan fingerprint density at radius 3 is 2.50 bits per heavy atom. The van der Waals surface area contributed by atoms with Crippen LogP contribution in [-0.2, 0) is 4.79 Å². The van der Waals surface area contributed by atoms with Crippen LogP contribution < -0.4 is 10.1 Å². The Kier molecular flexibility index (Phi) is 5.86. The van der Waals surface area contributed by atoms with Crippen LogP contribution in [0.15, 0.2) is 24.3 Å². The standard InChI is InChI=1S/C13H15BrF3NO2/c1-8(2)11(14)12(19)18-9-5-3-4-6-10(9)20-7-13(15,16)17/h3-6,8,11H,7H2,1-2H3,(H,18,19). The molecule has 1 N–H and O–H groups in total. The minimum Gasteiger partial charge on any atom is -0.482 e. The summed E-state index contributed by atoms with van der Waals surface area (Å²) >= 11 is 3.23. The number of anilines is 1. The normalized spacial score (nSPS) is 13.2. The molecule has 20 heavy (non-hydrogen) atoms. The van der Waals surface area contributed by atoms with E-state index < -0.39 is 17.6 Å². The molecule has 112 valence electrons. The molecule has 0 bridgehead atoms. The molecule has 0 saturated carbocycles. The summed E-state index contributed by atoms with van der Waals surface area (Å²) in [5, 5.41) is 2.55. The molecular weight excluding hydrogens is 339 g/mol. The van der Waals surface area contributed by atoms with Crippen molar-refractivity contribution in [1.29, 1.82) is 0 Å². The lowest BCUT2D eigenvalue weighted by Gasteiger charge is -2.17. The van der Waals surface area contributed by atoms with Gasteiger partial charge in [0.15, 0.2) is 6.61 Å². The molecule has 0 aliphatic carbocycles. The minimum absolute atomic E-state index is 0.0124. The summed E-state index contributed by atoms with van der Waals surface area (Å²) < 4.78 is 41.1. The molecule has 0 aliphatic rings. The minimum atomic E-state index is -4.42. The predicted octanol–water partition coefficient (Wildman–Crippen LogP) is 3.99. The quantitative estimate of drug-likeness (QED) is 0.813. The molecule has 0 spiro atoms. The van der Waals surface area contributed by atoms with Gasteiger partial charge in [0.05, 0.1) is 10.5 Å². The van der Waals surface area contributed by atoms with Crippen LogP contribution >= 0.6 is 15.9 Å². The van der Waals surface area contributed by atoms with Gasteiger partial charge in [0.2, 0.25) is 5.91 Å². The summed E-state index contributed by atoms with van der Waals surface area (Å²) in [6.45, 7) is 2.30. The molecule has 1 rings (SSSR count). The number of carbonyl (C=O) groups is 1. The maximum Gasteiger partial charge on any atom is 0.422 e. The van der Waals surface area contributed by atoms with Crippen molar-refractivity contribution in [2.24, 2.45) is 5.92 Å². The fourth-order valence-corrected chi connectivity index (χ4v) is 1.47. The number of hydrogen-bond acceptors (Lipinski definition) is 2. The lowest BCUT2D eigenvalue weighted by atomic mass is 10.1. The van der Waals surface area contributed by atoms with E-state index in [4.69, 9.17) is 0 Å². The van der Waals surface area contributed by atoms with E-state index in [2.05, 4.69) is 26.0 Å². The molecule has 1 unspecified atom stereocenters. The van der Waals surface area contributed by atoms with Gasteiger partial charge in [0.1, 0.15) is 5.75 Å². The van der Waals surface area contributed by atoms with Crippen molar-refractivity contribution >= 4 is 27.5 Å². The Bertz CT molecular complexity index is 463. The van der Waals surface area contributed by atoms with E-state index in [0.717, 1.165) is 0 Å². The highest BCUT2D eigenvalue weighted by Crippen LogP contribution is 2.27. The van der Waals surface area contributed by atoms with Crippen LogP contribution in [0.4, 0.5) is 18.9 Å². The zero-order valence-corrected chi connectivity index (χ0v) is 12.6. The Labute approximate surface area is 123 Å². The number of ether oxygens (including phenoxy) is 1. The second-order valence-electron chi connectivity index (χ2n) is 4.54. The van der Waals surface area contributed by atoms with Gasteiger partial charge in [-0.25, -0.2) is 0 Å². The molecule has 3 nitrogen and oxygen atoms in total. The Balaban J connectivity index is 2.78. The van der Waals surface area contributed by atoms with Crippen molar-refractivity contribution in [3.05, 3.63) is 24.3 Å². The molecular formula is C13H15BrF3NO2. The van der Waals surface area contributed by atoms with E-state index in [1.165, 1.54) is 18.2 Å². The summed E-state index contributed by atoms with van der Waals surface area (Å²) in [6, 6.07) is 6.01. The second-order valence-corrected chi connectivity index (χ2v) is 5.52. The maximum atomic E-state index is 12.1. The van der Waals surface area contributed by atoms with E-state index >= 15 is 0 Å². The lowest BCUT2D eigenvalue weighted by molar-refractivity contribution is -0.153. The molecule has 0 radical (unpaired) electrons. The van der Waals surface area contributed by atoms with Crippen LogP contribution in [0.2, 0.25) is 0 Å². The highest BCUT2D eigenvalue weighted by molar-refractivity contribution is 9.10. The monoisotopic (exact) mass is 353 g/mol. The second kappa shape index (κ2) is 6.97. The molecule has 0 saturated heterocycles. The highest BCUT2D eigenvalue weighted by Gasteiger charge is 2.29. The smallest absolute Gasteiger partial charge is 0.422 e. The average molecular weight is 354 g/mol. The molecule has 7 heteroatoms. The van der Waals surface area contributed by atoms with Gasteiger partial charge in [-0.05, 0) is 18.1 Å².